The number of aliphatic hydroxyl groups is 1. The third-order valence-electron chi connectivity index (χ3n) is 6.26. The zero-order valence-electron chi connectivity index (χ0n) is 21.4. The molecule has 1 heterocycles. The number of amides is 1. The highest BCUT2D eigenvalue weighted by atomic mass is 16.5. The lowest BCUT2D eigenvalue weighted by molar-refractivity contribution is -0.129. The molecule has 8 nitrogen and oxygen atoms in total. The van der Waals surface area contributed by atoms with E-state index in [0.29, 0.717) is 31.2 Å². The van der Waals surface area contributed by atoms with Crippen molar-refractivity contribution in [3.8, 4) is 11.5 Å². The molecular formula is C30H33N3O5. The van der Waals surface area contributed by atoms with E-state index >= 15 is 0 Å². The van der Waals surface area contributed by atoms with Crippen molar-refractivity contribution in [2.24, 2.45) is 4.99 Å². The number of carbonyl (C=O) groups excluding carboxylic acids is 1. The number of hydrogen-bond acceptors (Lipinski definition) is 7. The maximum absolute atomic E-state index is 13.8. The van der Waals surface area contributed by atoms with Crippen LogP contribution in [-0.2, 0) is 16.1 Å². The molecule has 0 fully saturated rings. The van der Waals surface area contributed by atoms with Crippen molar-refractivity contribution in [1.29, 1.82) is 0 Å². The van der Waals surface area contributed by atoms with Crippen LogP contribution in [0.3, 0.4) is 0 Å². The summed E-state index contributed by atoms with van der Waals surface area (Å²) < 4.78 is 17.4. The minimum Gasteiger partial charge on any atom is -0.496 e. The Morgan fingerprint density at radius 3 is 2.55 bits per heavy atom. The summed E-state index contributed by atoms with van der Waals surface area (Å²) >= 11 is 0. The number of para-hydroxylation sites is 1. The number of rotatable bonds is 13. The van der Waals surface area contributed by atoms with E-state index in [1.807, 2.05) is 78.9 Å². The summed E-state index contributed by atoms with van der Waals surface area (Å²) in [6, 6.07) is 24.5. The predicted octanol–water partition coefficient (Wildman–Crippen LogP) is 4.11. The van der Waals surface area contributed by atoms with Crippen LogP contribution >= 0.6 is 0 Å². The van der Waals surface area contributed by atoms with Gasteiger partial charge in [0.1, 0.15) is 11.5 Å². The molecule has 38 heavy (non-hydrogen) atoms. The Labute approximate surface area is 222 Å². The number of hydrogen-bond donors (Lipinski definition) is 3. The summed E-state index contributed by atoms with van der Waals surface area (Å²) in [6.07, 6.45) is 1.84. The van der Waals surface area contributed by atoms with Gasteiger partial charge >= 0.3 is 0 Å². The smallest absolute Gasteiger partial charge is 0.266 e. The van der Waals surface area contributed by atoms with Crippen LogP contribution in [0, 0.1) is 0 Å². The van der Waals surface area contributed by atoms with E-state index in [4.69, 9.17) is 24.3 Å². The quantitative estimate of drug-likeness (QED) is 0.180. The van der Waals surface area contributed by atoms with Gasteiger partial charge in [-0.25, -0.2) is 10.4 Å². The summed E-state index contributed by atoms with van der Waals surface area (Å²) in [7, 11) is 1.61. The van der Waals surface area contributed by atoms with E-state index in [-0.39, 0.29) is 18.9 Å². The molecule has 4 rings (SSSR count). The number of aliphatic imine (C=N–C) groups is 1. The van der Waals surface area contributed by atoms with Crippen molar-refractivity contribution in [3.05, 3.63) is 108 Å². The Balaban J connectivity index is 1.60. The molecular weight excluding hydrogens is 482 g/mol. The standard InChI is InChI=1S/C30H33N3O5/c1-3-18-30(29(35)33-31-21-24-12-7-8-13-26(24)36-2)27(22-10-5-4-6-11-22)38-28(32-30)23-14-16-25(17-15-23)37-20-9-19-34/h3-8,10-17,27,31,34H,1,9,18-21H2,2H3,(H,33,35)/t27-,30-/m0/s1. The lowest BCUT2D eigenvalue weighted by Gasteiger charge is -2.29. The second kappa shape index (κ2) is 12.9. The zero-order valence-corrected chi connectivity index (χ0v) is 21.4. The highest BCUT2D eigenvalue weighted by Crippen LogP contribution is 2.42. The van der Waals surface area contributed by atoms with Crippen molar-refractivity contribution in [3.63, 3.8) is 0 Å². The second-order valence-corrected chi connectivity index (χ2v) is 8.81. The summed E-state index contributed by atoms with van der Waals surface area (Å²) in [5.74, 6) is 1.43. The normalized spacial score (nSPS) is 18.3. The van der Waals surface area contributed by atoms with E-state index in [2.05, 4.69) is 17.4 Å². The Hall–Kier alpha value is -4.14. The van der Waals surface area contributed by atoms with Crippen LogP contribution in [0.4, 0.5) is 0 Å². The molecule has 0 saturated heterocycles. The molecule has 1 aliphatic rings. The molecule has 0 radical (unpaired) electrons. The maximum Gasteiger partial charge on any atom is 0.266 e. The number of nitrogens with zero attached hydrogens (tertiary/aromatic N) is 1. The number of carbonyl (C=O) groups is 1. The molecule has 0 aliphatic carbocycles. The molecule has 3 aromatic carbocycles. The van der Waals surface area contributed by atoms with Gasteiger partial charge in [-0.15, -0.1) is 6.58 Å². The lowest BCUT2D eigenvalue weighted by Crippen LogP contribution is -2.52. The van der Waals surface area contributed by atoms with Crippen LogP contribution < -0.4 is 20.3 Å². The van der Waals surface area contributed by atoms with Gasteiger partial charge in [-0.1, -0.05) is 54.6 Å². The number of benzene rings is 3. The summed E-state index contributed by atoms with van der Waals surface area (Å²) in [5.41, 5.74) is 7.04. The van der Waals surface area contributed by atoms with E-state index in [9.17, 15) is 4.79 Å². The molecule has 3 aromatic rings. The van der Waals surface area contributed by atoms with Gasteiger partial charge in [-0.2, -0.15) is 0 Å². The fraction of sp³-hybridized carbons (Fsp3) is 0.267. The minimum absolute atomic E-state index is 0.0742. The SMILES string of the molecule is C=CC[C@]1(C(=O)NNCc2ccccc2OC)N=C(c2ccc(OCCCO)cc2)O[C@H]1c1ccccc1. The Bertz CT molecular complexity index is 1250. The van der Waals surface area contributed by atoms with Gasteiger partial charge < -0.3 is 19.3 Å². The molecule has 3 N–H and O–H groups in total. The van der Waals surface area contributed by atoms with Gasteiger partial charge in [0, 0.05) is 37.1 Å². The zero-order chi connectivity index (χ0) is 26.8. The average Bonchev–Trinajstić information content (AvgIpc) is 3.35. The van der Waals surface area contributed by atoms with Crippen LogP contribution in [0.1, 0.15) is 35.6 Å². The van der Waals surface area contributed by atoms with Crippen molar-refractivity contribution < 1.29 is 24.1 Å². The molecule has 0 unspecified atom stereocenters. The van der Waals surface area contributed by atoms with Gasteiger partial charge in [-0.05, 0) is 35.9 Å². The molecule has 8 heteroatoms. The van der Waals surface area contributed by atoms with Crippen LogP contribution in [0.5, 0.6) is 11.5 Å². The largest absolute Gasteiger partial charge is 0.496 e. The van der Waals surface area contributed by atoms with Crippen LogP contribution in [0.25, 0.3) is 0 Å². The van der Waals surface area contributed by atoms with Gasteiger partial charge in [0.15, 0.2) is 11.6 Å². The first-order chi connectivity index (χ1) is 18.6. The van der Waals surface area contributed by atoms with Crippen LogP contribution in [0.15, 0.2) is 96.5 Å². The van der Waals surface area contributed by atoms with Crippen molar-refractivity contribution in [1.82, 2.24) is 10.9 Å². The number of aliphatic hydroxyl groups excluding tert-OH is 1. The number of hydrazine groups is 1. The summed E-state index contributed by atoms with van der Waals surface area (Å²) in [6.45, 7) is 4.76. The number of methoxy groups -OCH3 is 1. The number of ether oxygens (including phenoxy) is 3. The highest BCUT2D eigenvalue weighted by Gasteiger charge is 2.52. The molecule has 0 saturated carbocycles. The van der Waals surface area contributed by atoms with Gasteiger partial charge in [0.05, 0.1) is 13.7 Å². The molecule has 0 bridgehead atoms. The first-order valence-electron chi connectivity index (χ1n) is 12.5. The molecule has 0 spiro atoms. The van der Waals surface area contributed by atoms with Crippen molar-refractivity contribution >= 4 is 11.8 Å². The monoisotopic (exact) mass is 515 g/mol. The maximum atomic E-state index is 13.8. The lowest BCUT2D eigenvalue weighted by atomic mass is 9.84. The fourth-order valence-corrected chi connectivity index (χ4v) is 4.34. The molecule has 1 amide bonds. The Morgan fingerprint density at radius 1 is 1.11 bits per heavy atom. The first-order valence-corrected chi connectivity index (χ1v) is 12.5. The third-order valence-corrected chi connectivity index (χ3v) is 6.26. The van der Waals surface area contributed by atoms with Crippen LogP contribution in [-0.4, -0.2) is 42.8 Å². The van der Waals surface area contributed by atoms with Gasteiger partial charge in [-0.3, -0.25) is 10.2 Å². The van der Waals surface area contributed by atoms with Gasteiger partial charge in [0.2, 0.25) is 5.90 Å². The van der Waals surface area contributed by atoms with E-state index in [0.717, 1.165) is 22.4 Å². The van der Waals surface area contributed by atoms with Crippen LogP contribution in [0.2, 0.25) is 0 Å². The second-order valence-electron chi connectivity index (χ2n) is 8.81. The highest BCUT2D eigenvalue weighted by molar-refractivity contribution is 6.01. The topological polar surface area (TPSA) is 101 Å². The molecule has 2 atom stereocenters. The van der Waals surface area contributed by atoms with Crippen molar-refractivity contribution in [2.75, 3.05) is 20.3 Å². The Morgan fingerprint density at radius 2 is 1.84 bits per heavy atom. The Kier molecular flexibility index (Phi) is 9.13. The minimum atomic E-state index is -1.28. The molecule has 1 aliphatic heterocycles. The third kappa shape index (κ3) is 6.04. The van der Waals surface area contributed by atoms with Crippen molar-refractivity contribution in [2.45, 2.75) is 31.0 Å². The first kappa shape index (κ1) is 26.9. The molecule has 198 valence electrons. The van der Waals surface area contributed by atoms with E-state index < -0.39 is 11.6 Å². The predicted molar refractivity (Wildman–Crippen MR) is 146 cm³/mol. The number of nitrogens with one attached hydrogen (secondary N) is 2. The van der Waals surface area contributed by atoms with Gasteiger partial charge in [0.25, 0.3) is 5.91 Å². The average molecular weight is 516 g/mol. The van der Waals surface area contributed by atoms with E-state index in [1.165, 1.54) is 0 Å². The summed E-state index contributed by atoms with van der Waals surface area (Å²) in [4.78, 5) is 18.7. The molecule has 0 aromatic heterocycles. The summed E-state index contributed by atoms with van der Waals surface area (Å²) in [5, 5.41) is 8.96. The van der Waals surface area contributed by atoms with E-state index in [1.54, 1.807) is 13.2 Å². The fourth-order valence-electron chi connectivity index (χ4n) is 4.34.